The largest absolute Gasteiger partial charge is 0.468 e. The van der Waals surface area contributed by atoms with Crippen LogP contribution in [0, 0.1) is 0 Å². The van der Waals surface area contributed by atoms with Gasteiger partial charge >= 0.3 is 12.0 Å². The van der Waals surface area contributed by atoms with Crippen molar-refractivity contribution in [2.75, 3.05) is 32.6 Å². The van der Waals surface area contributed by atoms with E-state index >= 15 is 0 Å². The Balaban J connectivity index is 1.87. The highest BCUT2D eigenvalue weighted by Crippen LogP contribution is 2.20. The molecule has 1 saturated heterocycles. The molecule has 0 bridgehead atoms. The van der Waals surface area contributed by atoms with Crippen molar-refractivity contribution in [3.63, 3.8) is 0 Å². The predicted octanol–water partition coefficient (Wildman–Crippen LogP) is 1.61. The number of carbonyl (C=O) groups excluding carboxylic acids is 3. The van der Waals surface area contributed by atoms with E-state index in [1.807, 2.05) is 66.2 Å². The van der Waals surface area contributed by atoms with Crippen molar-refractivity contribution in [3.05, 3.63) is 54.0 Å². The summed E-state index contributed by atoms with van der Waals surface area (Å²) in [6.45, 7) is -0.425. The summed E-state index contributed by atoms with van der Waals surface area (Å²) < 4.78 is 6.41. The van der Waals surface area contributed by atoms with Crippen LogP contribution >= 0.6 is 0 Å². The van der Waals surface area contributed by atoms with Crippen molar-refractivity contribution in [3.8, 4) is 5.69 Å². The summed E-state index contributed by atoms with van der Waals surface area (Å²) in [6.07, 6.45) is 3.45. The van der Waals surface area contributed by atoms with E-state index in [1.165, 1.54) is 7.11 Å². The lowest BCUT2D eigenvalue weighted by atomic mass is 10.2. The van der Waals surface area contributed by atoms with Crippen LogP contribution in [0.4, 0.5) is 10.5 Å². The van der Waals surface area contributed by atoms with Crippen molar-refractivity contribution in [2.45, 2.75) is 0 Å². The number of amides is 3. The fourth-order valence-corrected chi connectivity index (χ4v) is 2.71. The molecule has 1 N–H and O–H groups in total. The van der Waals surface area contributed by atoms with Crippen LogP contribution in [0.1, 0.15) is 5.69 Å². The molecule has 0 spiro atoms. The molecular weight excluding hydrogens is 348 g/mol. The van der Waals surface area contributed by atoms with Gasteiger partial charge in [0.15, 0.2) is 0 Å². The lowest BCUT2D eigenvalue weighted by Gasteiger charge is -2.14. The van der Waals surface area contributed by atoms with Gasteiger partial charge in [-0.1, -0.05) is 0 Å². The standard InChI is InChI=1S/C19H20N4O4/c1-21(2)13-6-8-14(9-7-13)22-10-4-5-15(22)11-16-18(25)23(19(26)20-16)12-17(24)27-3/h4-11H,12H2,1-3H3,(H,20,26). The average Bonchev–Trinajstić information content (AvgIpc) is 3.22. The highest BCUT2D eigenvalue weighted by Gasteiger charge is 2.35. The number of ether oxygens (including phenoxy) is 1. The van der Waals surface area contributed by atoms with E-state index in [1.54, 1.807) is 6.08 Å². The molecule has 0 atom stereocenters. The molecule has 3 rings (SSSR count). The number of methoxy groups -OCH3 is 1. The molecule has 27 heavy (non-hydrogen) atoms. The zero-order valence-corrected chi connectivity index (χ0v) is 15.3. The lowest BCUT2D eigenvalue weighted by Crippen LogP contribution is -2.36. The molecule has 8 nitrogen and oxygen atoms in total. The second kappa shape index (κ2) is 7.36. The zero-order valence-electron chi connectivity index (χ0n) is 15.3. The number of nitrogens with one attached hydrogen (secondary N) is 1. The molecule has 2 aromatic rings. The Kier molecular flexibility index (Phi) is 4.98. The Morgan fingerprint density at radius 1 is 1.19 bits per heavy atom. The molecule has 0 unspecified atom stereocenters. The number of nitrogens with zero attached hydrogens (tertiary/aromatic N) is 3. The molecule has 3 amide bonds. The van der Waals surface area contributed by atoms with Gasteiger partial charge in [0.2, 0.25) is 0 Å². The van der Waals surface area contributed by atoms with E-state index in [0.29, 0.717) is 0 Å². The third kappa shape index (κ3) is 3.69. The summed E-state index contributed by atoms with van der Waals surface area (Å²) in [7, 11) is 5.13. The van der Waals surface area contributed by atoms with E-state index in [0.717, 1.165) is 22.0 Å². The van der Waals surface area contributed by atoms with Gasteiger partial charge < -0.3 is 19.5 Å². The second-order valence-corrected chi connectivity index (χ2v) is 6.17. The lowest BCUT2D eigenvalue weighted by molar-refractivity contribution is -0.143. The van der Waals surface area contributed by atoms with E-state index in [4.69, 9.17) is 0 Å². The molecular formula is C19H20N4O4. The van der Waals surface area contributed by atoms with Gasteiger partial charge in [-0.2, -0.15) is 0 Å². The maximum Gasteiger partial charge on any atom is 0.329 e. The number of anilines is 1. The topological polar surface area (TPSA) is 83.9 Å². The van der Waals surface area contributed by atoms with Gasteiger partial charge in [-0.3, -0.25) is 9.59 Å². The summed E-state index contributed by atoms with van der Waals surface area (Å²) in [4.78, 5) is 38.6. The maximum absolute atomic E-state index is 12.4. The zero-order chi connectivity index (χ0) is 19.6. The van der Waals surface area contributed by atoms with E-state index in [9.17, 15) is 14.4 Å². The van der Waals surface area contributed by atoms with Crippen molar-refractivity contribution >= 4 is 29.7 Å². The van der Waals surface area contributed by atoms with Gasteiger partial charge in [0.1, 0.15) is 12.2 Å². The quantitative estimate of drug-likeness (QED) is 0.492. The summed E-state index contributed by atoms with van der Waals surface area (Å²) >= 11 is 0. The minimum Gasteiger partial charge on any atom is -0.468 e. The van der Waals surface area contributed by atoms with Gasteiger partial charge in [-0.15, -0.1) is 0 Å². The molecule has 1 fully saturated rings. The fraction of sp³-hybridized carbons (Fsp3) is 0.211. The molecule has 1 aliphatic heterocycles. The number of aromatic nitrogens is 1. The molecule has 1 aliphatic rings. The number of urea groups is 1. The number of esters is 1. The van der Waals surface area contributed by atoms with E-state index in [-0.39, 0.29) is 5.70 Å². The first-order chi connectivity index (χ1) is 12.9. The molecule has 1 aromatic heterocycles. The van der Waals surface area contributed by atoms with Crippen LogP contribution < -0.4 is 10.2 Å². The Labute approximate surface area is 156 Å². The highest BCUT2D eigenvalue weighted by atomic mass is 16.5. The second-order valence-electron chi connectivity index (χ2n) is 6.17. The van der Waals surface area contributed by atoms with Gasteiger partial charge in [0, 0.05) is 37.4 Å². The van der Waals surface area contributed by atoms with Crippen molar-refractivity contribution in [2.24, 2.45) is 0 Å². The normalized spacial score (nSPS) is 15.2. The fourth-order valence-electron chi connectivity index (χ4n) is 2.71. The number of hydrogen-bond acceptors (Lipinski definition) is 5. The third-order valence-corrected chi connectivity index (χ3v) is 4.19. The van der Waals surface area contributed by atoms with Crippen LogP contribution in [-0.4, -0.2) is 55.1 Å². The minimum atomic E-state index is -0.663. The Morgan fingerprint density at radius 2 is 1.89 bits per heavy atom. The van der Waals surface area contributed by atoms with Crippen LogP contribution in [0.2, 0.25) is 0 Å². The average molecular weight is 368 g/mol. The van der Waals surface area contributed by atoms with Gasteiger partial charge in [-0.25, -0.2) is 9.69 Å². The van der Waals surface area contributed by atoms with Gasteiger partial charge in [-0.05, 0) is 42.5 Å². The van der Waals surface area contributed by atoms with Gasteiger partial charge in [0.25, 0.3) is 5.91 Å². The predicted molar refractivity (Wildman–Crippen MR) is 100 cm³/mol. The number of carbonyl (C=O) groups is 3. The minimum absolute atomic E-state index is 0.105. The van der Waals surface area contributed by atoms with Crippen LogP contribution in [-0.2, 0) is 14.3 Å². The number of rotatable bonds is 5. The first-order valence-corrected chi connectivity index (χ1v) is 8.27. The Morgan fingerprint density at radius 3 is 2.52 bits per heavy atom. The molecule has 0 radical (unpaired) electrons. The van der Waals surface area contributed by atoms with Crippen LogP contribution in [0.5, 0.6) is 0 Å². The smallest absolute Gasteiger partial charge is 0.329 e. The number of imide groups is 1. The van der Waals surface area contributed by atoms with Crippen molar-refractivity contribution < 1.29 is 19.1 Å². The Hall–Kier alpha value is -3.55. The summed E-state index contributed by atoms with van der Waals surface area (Å²) in [5, 5.41) is 2.49. The molecule has 0 aliphatic carbocycles. The molecule has 1 aromatic carbocycles. The van der Waals surface area contributed by atoms with Gasteiger partial charge in [0.05, 0.1) is 7.11 Å². The van der Waals surface area contributed by atoms with E-state index in [2.05, 4.69) is 10.1 Å². The van der Waals surface area contributed by atoms with E-state index < -0.39 is 24.5 Å². The first kappa shape index (κ1) is 18.2. The SMILES string of the molecule is COC(=O)CN1C(=O)NC(=Cc2cccn2-c2ccc(N(C)C)cc2)C1=O. The number of benzene rings is 1. The summed E-state index contributed by atoms with van der Waals surface area (Å²) in [5.74, 6) is -1.23. The maximum atomic E-state index is 12.4. The molecule has 2 heterocycles. The highest BCUT2D eigenvalue weighted by molar-refractivity contribution is 6.15. The number of hydrogen-bond donors (Lipinski definition) is 1. The van der Waals surface area contributed by atoms with Crippen LogP contribution in [0.3, 0.4) is 0 Å². The van der Waals surface area contributed by atoms with Crippen LogP contribution in [0.15, 0.2) is 48.3 Å². The first-order valence-electron chi connectivity index (χ1n) is 8.27. The monoisotopic (exact) mass is 368 g/mol. The Bertz CT molecular complexity index is 912. The third-order valence-electron chi connectivity index (χ3n) is 4.19. The summed E-state index contributed by atoms with van der Waals surface area (Å²) in [6, 6.07) is 10.9. The van der Waals surface area contributed by atoms with Crippen molar-refractivity contribution in [1.82, 2.24) is 14.8 Å². The molecule has 140 valence electrons. The molecule has 0 saturated carbocycles. The van der Waals surface area contributed by atoms with Crippen molar-refractivity contribution in [1.29, 1.82) is 0 Å². The molecule has 8 heteroatoms. The summed E-state index contributed by atoms with van der Waals surface area (Å²) in [5.41, 5.74) is 2.81. The van der Waals surface area contributed by atoms with Crippen LogP contribution in [0.25, 0.3) is 11.8 Å².